The molecule has 2 N–H and O–H groups in total. The molecular weight excluding hydrogens is 310 g/mol. The van der Waals surface area contributed by atoms with Crippen LogP contribution in [0.25, 0.3) is 0 Å². The fourth-order valence-electron chi connectivity index (χ4n) is 5.60. The number of allylic oxidation sites excluding steroid dienone is 1. The van der Waals surface area contributed by atoms with Gasteiger partial charge in [0.05, 0.1) is 24.9 Å². The van der Waals surface area contributed by atoms with Crippen LogP contribution in [0, 0.1) is 10.8 Å². The fourth-order valence-corrected chi connectivity index (χ4v) is 5.60. The van der Waals surface area contributed by atoms with E-state index in [1.165, 1.54) is 12.5 Å². The second-order valence-electron chi connectivity index (χ2n) is 8.07. The third kappa shape index (κ3) is 1.72. The lowest BCUT2D eigenvalue weighted by Crippen LogP contribution is -2.66. The Bertz CT molecular complexity index is 600. The van der Waals surface area contributed by atoms with Gasteiger partial charge in [-0.05, 0) is 26.8 Å². The predicted octanol–water partition coefficient (Wildman–Crippen LogP) is 0.781. The minimum absolute atomic E-state index is 0.177. The molecule has 4 unspecified atom stereocenters. The molecule has 4 rings (SSSR count). The van der Waals surface area contributed by atoms with Crippen molar-refractivity contribution in [2.45, 2.75) is 63.6 Å². The van der Waals surface area contributed by atoms with Crippen LogP contribution >= 0.6 is 0 Å². The molecule has 3 fully saturated rings. The van der Waals surface area contributed by atoms with Gasteiger partial charge in [0.25, 0.3) is 0 Å². The lowest BCUT2D eigenvalue weighted by atomic mass is 9.51. The average molecular weight is 337 g/mol. The summed E-state index contributed by atoms with van der Waals surface area (Å²) in [6.07, 6.45) is 2.88. The van der Waals surface area contributed by atoms with E-state index in [2.05, 4.69) is 25.2 Å². The van der Waals surface area contributed by atoms with Gasteiger partial charge >= 0.3 is 5.97 Å². The highest BCUT2D eigenvalue weighted by Gasteiger charge is 2.84. The molecule has 6 heteroatoms. The third-order valence-electron chi connectivity index (χ3n) is 7.19. The molecular formula is C18H27NO5. The van der Waals surface area contributed by atoms with Crippen LogP contribution in [0.4, 0.5) is 0 Å². The largest absolute Gasteiger partial charge is 0.465 e. The minimum Gasteiger partial charge on any atom is -0.465 e. The van der Waals surface area contributed by atoms with Gasteiger partial charge in [0.15, 0.2) is 0 Å². The Morgan fingerprint density at radius 2 is 2.25 bits per heavy atom. The van der Waals surface area contributed by atoms with Crippen molar-refractivity contribution in [3.8, 4) is 0 Å². The molecule has 134 valence electrons. The summed E-state index contributed by atoms with van der Waals surface area (Å²) in [5.41, 5.74) is -0.218. The van der Waals surface area contributed by atoms with Crippen molar-refractivity contribution in [1.82, 2.24) is 5.32 Å². The number of fused-ring (bicyclic) bond motifs is 2. The summed E-state index contributed by atoms with van der Waals surface area (Å²) in [7, 11) is 1.85. The van der Waals surface area contributed by atoms with Crippen LogP contribution in [0.1, 0.15) is 33.6 Å². The van der Waals surface area contributed by atoms with Crippen LogP contribution < -0.4 is 5.32 Å². The van der Waals surface area contributed by atoms with E-state index in [4.69, 9.17) is 14.2 Å². The Morgan fingerprint density at radius 3 is 2.83 bits per heavy atom. The molecule has 4 aliphatic rings. The van der Waals surface area contributed by atoms with Gasteiger partial charge in [-0.3, -0.25) is 4.79 Å². The number of aliphatic hydroxyl groups excluding tert-OH is 1. The van der Waals surface area contributed by atoms with E-state index >= 15 is 0 Å². The Balaban J connectivity index is 1.84. The summed E-state index contributed by atoms with van der Waals surface area (Å²) in [5.74, 6) is -0.302. The molecule has 24 heavy (non-hydrogen) atoms. The minimum atomic E-state index is -0.623. The van der Waals surface area contributed by atoms with Crippen molar-refractivity contribution in [1.29, 1.82) is 0 Å². The van der Waals surface area contributed by atoms with Crippen LogP contribution in [0.3, 0.4) is 0 Å². The number of carbonyl (C=O) groups excluding carboxylic acids is 1. The van der Waals surface area contributed by atoms with Gasteiger partial charge in [0, 0.05) is 17.8 Å². The first kappa shape index (κ1) is 16.5. The topological polar surface area (TPSA) is 80.3 Å². The molecule has 2 heterocycles. The summed E-state index contributed by atoms with van der Waals surface area (Å²) in [6, 6.07) is -0.189. The maximum absolute atomic E-state index is 11.5. The number of carbonyl (C=O) groups is 1. The molecule has 1 spiro atoms. The smallest absolute Gasteiger partial charge is 0.302 e. The van der Waals surface area contributed by atoms with Gasteiger partial charge in [-0.15, -0.1) is 0 Å². The normalized spacial score (nSPS) is 52.0. The van der Waals surface area contributed by atoms with Crippen LogP contribution in [0.15, 0.2) is 11.6 Å². The molecule has 1 saturated carbocycles. The summed E-state index contributed by atoms with van der Waals surface area (Å²) >= 11 is 0. The first-order chi connectivity index (χ1) is 11.3. The monoisotopic (exact) mass is 337 g/mol. The van der Waals surface area contributed by atoms with E-state index in [1.807, 2.05) is 7.05 Å². The molecule has 0 radical (unpaired) electrons. The van der Waals surface area contributed by atoms with Gasteiger partial charge in [0.1, 0.15) is 18.3 Å². The van der Waals surface area contributed by atoms with Crippen LogP contribution in [0.2, 0.25) is 0 Å². The summed E-state index contributed by atoms with van der Waals surface area (Å²) < 4.78 is 17.9. The standard InChI is InChI=1S/C18H27NO5/c1-10-5-6-17(8-22-11(2)20)12(7-10)24-15-13(19-4)14(21)16(17,3)18(15)9-23-18/h7,12-15,19,21H,5-6,8-9H2,1-4H3/t12?,13-,14-,15?,16?,17-,18?/m1/s1. The number of hydrogen-bond donors (Lipinski definition) is 2. The number of ether oxygens (including phenoxy) is 3. The Kier molecular flexibility index (Phi) is 3.46. The maximum Gasteiger partial charge on any atom is 0.302 e. The van der Waals surface area contributed by atoms with Gasteiger partial charge in [-0.1, -0.05) is 18.6 Å². The van der Waals surface area contributed by atoms with E-state index in [-0.39, 0.29) is 30.8 Å². The lowest BCUT2D eigenvalue weighted by Gasteiger charge is -2.58. The average Bonchev–Trinajstić information content (AvgIpc) is 3.31. The summed E-state index contributed by atoms with van der Waals surface area (Å²) in [5, 5.41) is 14.5. The number of nitrogens with one attached hydrogen (secondary N) is 1. The molecule has 0 amide bonds. The van der Waals surface area contributed by atoms with Crippen LogP contribution in [-0.2, 0) is 19.0 Å². The number of likely N-dealkylation sites (N-methyl/N-ethyl adjacent to an activating group) is 1. The highest BCUT2D eigenvalue weighted by molar-refractivity contribution is 5.66. The van der Waals surface area contributed by atoms with Gasteiger partial charge in [-0.25, -0.2) is 0 Å². The number of hydrogen-bond acceptors (Lipinski definition) is 6. The number of esters is 1. The van der Waals surface area contributed by atoms with E-state index in [9.17, 15) is 9.90 Å². The maximum atomic E-state index is 11.5. The molecule has 0 aromatic carbocycles. The molecule has 7 atom stereocenters. The van der Waals surface area contributed by atoms with Crippen molar-refractivity contribution in [3.05, 3.63) is 11.6 Å². The highest BCUT2D eigenvalue weighted by atomic mass is 16.6. The molecule has 0 aromatic rings. The molecule has 2 aliphatic heterocycles. The molecule has 0 aromatic heterocycles. The third-order valence-corrected chi connectivity index (χ3v) is 7.19. The predicted molar refractivity (Wildman–Crippen MR) is 86.4 cm³/mol. The zero-order chi connectivity index (χ0) is 17.3. The number of epoxide rings is 1. The second-order valence-corrected chi connectivity index (χ2v) is 8.07. The number of aliphatic hydroxyl groups is 1. The lowest BCUT2D eigenvalue weighted by molar-refractivity contribution is -0.230. The first-order valence-corrected chi connectivity index (χ1v) is 8.78. The Hall–Kier alpha value is -0.950. The van der Waals surface area contributed by atoms with Crippen LogP contribution in [0.5, 0.6) is 0 Å². The van der Waals surface area contributed by atoms with Crippen molar-refractivity contribution >= 4 is 5.97 Å². The van der Waals surface area contributed by atoms with Crippen molar-refractivity contribution < 1.29 is 24.1 Å². The number of rotatable bonds is 3. The van der Waals surface area contributed by atoms with Crippen LogP contribution in [-0.4, -0.2) is 61.3 Å². The van der Waals surface area contributed by atoms with E-state index in [1.54, 1.807) is 0 Å². The molecule has 2 saturated heterocycles. The second kappa shape index (κ2) is 5.04. The van der Waals surface area contributed by atoms with Crippen molar-refractivity contribution in [2.24, 2.45) is 10.8 Å². The van der Waals surface area contributed by atoms with Crippen molar-refractivity contribution in [3.63, 3.8) is 0 Å². The van der Waals surface area contributed by atoms with E-state index in [0.29, 0.717) is 6.61 Å². The van der Waals surface area contributed by atoms with Crippen molar-refractivity contribution in [2.75, 3.05) is 20.3 Å². The Morgan fingerprint density at radius 1 is 1.54 bits per heavy atom. The quantitative estimate of drug-likeness (QED) is 0.450. The molecule has 2 aliphatic carbocycles. The summed E-state index contributed by atoms with van der Waals surface area (Å²) in [6.45, 7) is 6.46. The fraction of sp³-hybridized carbons (Fsp3) is 0.833. The van der Waals surface area contributed by atoms with Gasteiger partial charge in [0.2, 0.25) is 0 Å². The van der Waals surface area contributed by atoms with Gasteiger partial charge in [-0.2, -0.15) is 0 Å². The highest BCUT2D eigenvalue weighted by Crippen LogP contribution is 2.71. The van der Waals surface area contributed by atoms with E-state index < -0.39 is 22.5 Å². The van der Waals surface area contributed by atoms with Gasteiger partial charge < -0.3 is 24.6 Å². The summed E-state index contributed by atoms with van der Waals surface area (Å²) in [4.78, 5) is 11.5. The Labute approximate surface area is 142 Å². The molecule has 6 nitrogen and oxygen atoms in total. The first-order valence-electron chi connectivity index (χ1n) is 8.78. The van der Waals surface area contributed by atoms with E-state index in [0.717, 1.165) is 12.8 Å². The zero-order valence-electron chi connectivity index (χ0n) is 14.8. The molecule has 2 bridgehead atoms. The SMILES string of the molecule is CN[C@H]1C2OC3C=C(C)CC[C@]3(COC(C)=O)C(C)([C@@H]1O)C21CO1. The zero-order valence-corrected chi connectivity index (χ0v) is 14.8.